The van der Waals surface area contributed by atoms with E-state index in [1.54, 1.807) is 18.3 Å². The van der Waals surface area contributed by atoms with Crippen LogP contribution in [0.3, 0.4) is 0 Å². The fraction of sp³-hybridized carbons (Fsp3) is 0.409. The predicted molar refractivity (Wildman–Crippen MR) is 116 cm³/mol. The molecule has 2 fully saturated rings. The average Bonchev–Trinajstić information content (AvgIpc) is 3.54. The molecule has 1 saturated heterocycles. The molecule has 6 nitrogen and oxygen atoms in total. The van der Waals surface area contributed by atoms with E-state index >= 15 is 0 Å². The van der Waals surface area contributed by atoms with Crippen molar-refractivity contribution >= 4 is 34.3 Å². The van der Waals surface area contributed by atoms with Gasteiger partial charge in [-0.1, -0.05) is 11.6 Å². The molecular formula is C22H23ClFN5O. The minimum atomic E-state index is -0.427. The molecule has 8 heteroatoms. The molecule has 1 aliphatic heterocycles. The van der Waals surface area contributed by atoms with Gasteiger partial charge >= 0.3 is 0 Å². The third-order valence-electron chi connectivity index (χ3n) is 5.52. The van der Waals surface area contributed by atoms with Crippen LogP contribution in [0.1, 0.15) is 31.4 Å². The summed E-state index contributed by atoms with van der Waals surface area (Å²) in [5.74, 6) is 1.51. The van der Waals surface area contributed by atoms with Crippen LogP contribution in [0.4, 0.5) is 16.0 Å². The highest BCUT2D eigenvalue weighted by atomic mass is 35.5. The molecule has 2 aliphatic rings. The largest absolute Gasteiger partial charge is 0.487 e. The van der Waals surface area contributed by atoms with Crippen LogP contribution >= 0.6 is 11.6 Å². The summed E-state index contributed by atoms with van der Waals surface area (Å²) in [5.41, 5.74) is 2.57. The number of benzene rings is 1. The quantitative estimate of drug-likeness (QED) is 0.634. The maximum atomic E-state index is 14.1. The first-order valence-corrected chi connectivity index (χ1v) is 10.7. The van der Waals surface area contributed by atoms with Crippen molar-refractivity contribution in [2.75, 3.05) is 23.3 Å². The van der Waals surface area contributed by atoms with Crippen molar-refractivity contribution in [3.8, 4) is 5.75 Å². The van der Waals surface area contributed by atoms with Crippen molar-refractivity contribution in [2.45, 2.75) is 44.8 Å². The van der Waals surface area contributed by atoms with E-state index in [1.165, 1.54) is 6.07 Å². The van der Waals surface area contributed by atoms with Crippen molar-refractivity contribution in [2.24, 2.45) is 0 Å². The molecular weight excluding hydrogens is 405 g/mol. The minimum absolute atomic E-state index is 0.0468. The molecule has 1 aliphatic carbocycles. The number of nitrogens with zero attached hydrogens (tertiary/aromatic N) is 4. The lowest BCUT2D eigenvalue weighted by molar-refractivity contribution is 0.163. The number of aryl methyl sites for hydroxylation is 1. The Morgan fingerprint density at radius 2 is 1.90 bits per heavy atom. The Morgan fingerprint density at radius 3 is 2.63 bits per heavy atom. The van der Waals surface area contributed by atoms with Gasteiger partial charge in [-0.25, -0.2) is 14.4 Å². The van der Waals surface area contributed by atoms with Crippen LogP contribution in [0, 0.1) is 12.7 Å². The van der Waals surface area contributed by atoms with E-state index in [-0.39, 0.29) is 11.9 Å². The fourth-order valence-corrected chi connectivity index (χ4v) is 3.88. The first-order chi connectivity index (χ1) is 14.5. The summed E-state index contributed by atoms with van der Waals surface area (Å²) < 4.78 is 19.9. The Balaban J connectivity index is 1.34. The monoisotopic (exact) mass is 427 g/mol. The molecule has 1 saturated carbocycles. The number of pyridine rings is 1. The lowest BCUT2D eigenvalue weighted by atomic mass is 10.1. The molecule has 0 bridgehead atoms. The second-order valence-corrected chi connectivity index (χ2v) is 8.44. The molecule has 3 aromatic rings. The third kappa shape index (κ3) is 4.12. The molecule has 156 valence electrons. The van der Waals surface area contributed by atoms with E-state index in [2.05, 4.69) is 15.2 Å². The molecule has 3 heterocycles. The van der Waals surface area contributed by atoms with Crippen LogP contribution in [-0.4, -0.2) is 40.2 Å². The van der Waals surface area contributed by atoms with E-state index in [9.17, 15) is 4.39 Å². The SMILES string of the molecule is Cc1cc2nc(NC3CC3)c(N3CCC(Oc4ccc(Cl)cc4F)CC3)nc2cn1. The zero-order valence-corrected chi connectivity index (χ0v) is 17.5. The number of hydrogen-bond donors (Lipinski definition) is 1. The molecule has 0 atom stereocenters. The second-order valence-electron chi connectivity index (χ2n) is 8.01. The molecule has 1 N–H and O–H groups in total. The Hall–Kier alpha value is -2.67. The Morgan fingerprint density at radius 1 is 1.10 bits per heavy atom. The van der Waals surface area contributed by atoms with Gasteiger partial charge in [-0.2, -0.15) is 0 Å². The van der Waals surface area contributed by atoms with Crippen molar-refractivity contribution in [1.29, 1.82) is 0 Å². The highest BCUT2D eigenvalue weighted by Crippen LogP contribution is 2.33. The summed E-state index contributed by atoms with van der Waals surface area (Å²) in [4.78, 5) is 16.3. The Bertz CT molecular complexity index is 1080. The van der Waals surface area contributed by atoms with Gasteiger partial charge in [0.15, 0.2) is 23.2 Å². The predicted octanol–water partition coefficient (Wildman–Crippen LogP) is 4.75. The lowest BCUT2D eigenvalue weighted by Gasteiger charge is -2.33. The van der Waals surface area contributed by atoms with Gasteiger partial charge in [0.05, 0.1) is 11.7 Å². The number of rotatable bonds is 5. The summed E-state index contributed by atoms with van der Waals surface area (Å²) in [7, 11) is 0. The first kappa shape index (κ1) is 19.3. The highest BCUT2D eigenvalue weighted by Gasteiger charge is 2.28. The zero-order valence-electron chi connectivity index (χ0n) is 16.7. The number of piperidine rings is 1. The summed E-state index contributed by atoms with van der Waals surface area (Å²) in [6.07, 6.45) is 5.61. The van der Waals surface area contributed by atoms with Crippen LogP contribution in [0.25, 0.3) is 11.0 Å². The zero-order chi connectivity index (χ0) is 20.7. The van der Waals surface area contributed by atoms with Crippen LogP contribution in [0.15, 0.2) is 30.5 Å². The molecule has 0 amide bonds. The maximum Gasteiger partial charge on any atom is 0.172 e. The third-order valence-corrected chi connectivity index (χ3v) is 5.75. The van der Waals surface area contributed by atoms with Gasteiger partial charge in [-0.3, -0.25) is 4.98 Å². The number of nitrogens with one attached hydrogen (secondary N) is 1. The van der Waals surface area contributed by atoms with Crippen molar-refractivity contribution < 1.29 is 9.13 Å². The Labute approximate surface area is 179 Å². The molecule has 0 radical (unpaired) electrons. The average molecular weight is 428 g/mol. The number of halogens is 2. The van der Waals surface area contributed by atoms with Gasteiger partial charge in [0.25, 0.3) is 0 Å². The summed E-state index contributed by atoms with van der Waals surface area (Å²) in [6, 6.07) is 6.96. The number of ether oxygens (including phenoxy) is 1. The molecule has 2 aromatic heterocycles. The Kier molecular flexibility index (Phi) is 5.06. The molecule has 5 rings (SSSR count). The van der Waals surface area contributed by atoms with Gasteiger partial charge in [-0.15, -0.1) is 0 Å². The summed E-state index contributed by atoms with van der Waals surface area (Å²) in [6.45, 7) is 3.48. The van der Waals surface area contributed by atoms with Crippen molar-refractivity contribution in [3.63, 3.8) is 0 Å². The van der Waals surface area contributed by atoms with E-state index in [0.717, 1.165) is 67.1 Å². The number of anilines is 2. The van der Waals surface area contributed by atoms with Gasteiger partial charge in [0.2, 0.25) is 0 Å². The van der Waals surface area contributed by atoms with Crippen LogP contribution in [0.2, 0.25) is 5.02 Å². The van der Waals surface area contributed by atoms with Crippen LogP contribution in [0.5, 0.6) is 5.75 Å². The van der Waals surface area contributed by atoms with Gasteiger partial charge in [0, 0.05) is 42.7 Å². The van der Waals surface area contributed by atoms with E-state index in [1.807, 2.05) is 13.0 Å². The molecule has 1 aromatic carbocycles. The minimum Gasteiger partial charge on any atom is -0.487 e. The van der Waals surface area contributed by atoms with Crippen LogP contribution < -0.4 is 15.0 Å². The van der Waals surface area contributed by atoms with Crippen LogP contribution in [-0.2, 0) is 0 Å². The maximum absolute atomic E-state index is 14.1. The molecule has 0 spiro atoms. The summed E-state index contributed by atoms with van der Waals surface area (Å²) in [5, 5.41) is 3.89. The number of hydrogen-bond acceptors (Lipinski definition) is 6. The van der Waals surface area contributed by atoms with E-state index in [0.29, 0.717) is 11.1 Å². The highest BCUT2D eigenvalue weighted by molar-refractivity contribution is 6.30. The summed E-state index contributed by atoms with van der Waals surface area (Å²) >= 11 is 5.83. The lowest BCUT2D eigenvalue weighted by Crippen LogP contribution is -2.39. The van der Waals surface area contributed by atoms with E-state index in [4.69, 9.17) is 26.3 Å². The van der Waals surface area contributed by atoms with Gasteiger partial charge < -0.3 is 15.0 Å². The molecule has 30 heavy (non-hydrogen) atoms. The molecule has 0 unspecified atom stereocenters. The fourth-order valence-electron chi connectivity index (χ4n) is 3.73. The topological polar surface area (TPSA) is 63.2 Å². The van der Waals surface area contributed by atoms with Crippen molar-refractivity contribution in [3.05, 3.63) is 47.0 Å². The standard InChI is InChI=1S/C22H23ClFN5O/c1-13-10-18-19(12-25-13)28-22(21(27-18)26-15-3-4-15)29-8-6-16(7-9-29)30-20-5-2-14(23)11-17(20)24/h2,5,10-12,15-16H,3-4,6-9H2,1H3,(H,26,27). The first-order valence-electron chi connectivity index (χ1n) is 10.3. The van der Waals surface area contributed by atoms with E-state index < -0.39 is 5.82 Å². The number of aromatic nitrogens is 3. The normalized spacial score (nSPS) is 17.4. The smallest absolute Gasteiger partial charge is 0.172 e. The van der Waals surface area contributed by atoms with Crippen molar-refractivity contribution in [1.82, 2.24) is 15.0 Å². The second kappa shape index (κ2) is 7.87. The van der Waals surface area contributed by atoms with Gasteiger partial charge in [0.1, 0.15) is 11.6 Å². The van der Waals surface area contributed by atoms with Gasteiger partial charge in [-0.05, 0) is 44.0 Å². The number of fused-ring (bicyclic) bond motifs is 1.